The first-order chi connectivity index (χ1) is 8.47. The van der Waals surface area contributed by atoms with Crippen molar-refractivity contribution in [1.82, 2.24) is 9.97 Å². The molecule has 0 aliphatic carbocycles. The largest absolute Gasteiger partial charge is 0.482 e. The zero-order chi connectivity index (χ0) is 13.2. The number of hydrogen-bond donors (Lipinski definition) is 0. The van der Waals surface area contributed by atoms with Gasteiger partial charge in [0.15, 0.2) is 6.61 Å². The van der Waals surface area contributed by atoms with Crippen LogP contribution in [0.2, 0.25) is 0 Å². The van der Waals surface area contributed by atoms with E-state index in [1.807, 2.05) is 13.0 Å². The molecule has 96 valence electrons. The molecule has 0 fully saturated rings. The minimum Gasteiger partial charge on any atom is -0.482 e. The van der Waals surface area contributed by atoms with Crippen LogP contribution >= 0.6 is 0 Å². The van der Waals surface area contributed by atoms with Crippen molar-refractivity contribution in [2.75, 3.05) is 0 Å². The van der Waals surface area contributed by atoms with Gasteiger partial charge in [0, 0.05) is 11.1 Å². The van der Waals surface area contributed by atoms with Gasteiger partial charge in [-0.3, -0.25) is 4.98 Å². The molecule has 0 saturated carbocycles. The Bertz CT molecular complexity index is 513. The Labute approximate surface area is 107 Å². The Hall–Kier alpha value is -1.84. The Morgan fingerprint density at radius 2 is 2.06 bits per heavy atom. The normalized spacial score (nSPS) is 11.6. The van der Waals surface area contributed by atoms with E-state index < -0.39 is 0 Å². The number of hydrogen-bond acceptors (Lipinski definition) is 4. The van der Waals surface area contributed by atoms with Gasteiger partial charge in [0.2, 0.25) is 5.89 Å². The first-order valence-electron chi connectivity index (χ1n) is 5.95. The molecule has 0 saturated heterocycles. The predicted octanol–water partition coefficient (Wildman–Crippen LogP) is 3.25. The summed E-state index contributed by atoms with van der Waals surface area (Å²) in [5.74, 6) is 1.30. The van der Waals surface area contributed by atoms with Crippen LogP contribution in [0.3, 0.4) is 0 Å². The maximum Gasteiger partial charge on any atom is 0.232 e. The Morgan fingerprint density at radius 1 is 1.28 bits per heavy atom. The number of oxazole rings is 1. The van der Waals surface area contributed by atoms with Crippen molar-refractivity contribution in [1.29, 1.82) is 0 Å². The quantitative estimate of drug-likeness (QED) is 0.834. The van der Waals surface area contributed by atoms with Crippen LogP contribution in [0.15, 0.2) is 29.1 Å². The Balaban J connectivity index is 2.09. The van der Waals surface area contributed by atoms with Crippen LogP contribution in [-0.2, 0) is 12.0 Å². The summed E-state index contributed by atoms with van der Waals surface area (Å²) < 4.78 is 10.7. The van der Waals surface area contributed by atoms with Crippen molar-refractivity contribution in [3.63, 3.8) is 0 Å². The summed E-state index contributed by atoms with van der Waals surface area (Å²) in [5, 5.41) is 0. The lowest BCUT2D eigenvalue weighted by atomic mass is 9.89. The molecule has 2 aromatic heterocycles. The van der Waals surface area contributed by atoms with Crippen LogP contribution in [0.5, 0.6) is 5.75 Å². The lowest BCUT2D eigenvalue weighted by Gasteiger charge is -2.20. The van der Waals surface area contributed by atoms with Crippen molar-refractivity contribution in [3.8, 4) is 5.75 Å². The molecule has 0 amide bonds. The molecule has 0 radical (unpaired) electrons. The van der Waals surface area contributed by atoms with Crippen LogP contribution in [0, 0.1) is 6.92 Å². The summed E-state index contributed by atoms with van der Waals surface area (Å²) in [6, 6.07) is 2.00. The minimum absolute atomic E-state index is 0.0468. The highest BCUT2D eigenvalue weighted by Crippen LogP contribution is 2.25. The minimum atomic E-state index is 0.0468. The summed E-state index contributed by atoms with van der Waals surface area (Å²) in [4.78, 5) is 8.47. The number of aryl methyl sites for hydroxylation is 1. The average Bonchev–Trinajstić information content (AvgIpc) is 2.77. The predicted molar refractivity (Wildman–Crippen MR) is 68.5 cm³/mol. The smallest absolute Gasteiger partial charge is 0.232 e. The van der Waals surface area contributed by atoms with Crippen molar-refractivity contribution in [3.05, 3.63) is 41.9 Å². The van der Waals surface area contributed by atoms with Crippen molar-refractivity contribution >= 4 is 0 Å². The maximum atomic E-state index is 5.58. The zero-order valence-electron chi connectivity index (χ0n) is 11.2. The summed E-state index contributed by atoms with van der Waals surface area (Å²) >= 11 is 0. The van der Waals surface area contributed by atoms with Gasteiger partial charge in [0.25, 0.3) is 0 Å². The summed E-state index contributed by atoms with van der Waals surface area (Å²) in [6.07, 6.45) is 4.88. The lowest BCUT2D eigenvalue weighted by molar-refractivity contribution is 0.261. The molecule has 0 N–H and O–H groups in total. The molecule has 0 aliphatic heterocycles. The first-order valence-corrected chi connectivity index (χ1v) is 5.95. The molecule has 4 nitrogen and oxygen atoms in total. The SMILES string of the molecule is Cc1cc(OCc2ncco2)cnc1C(C)(C)C. The number of rotatable bonds is 3. The van der Waals surface area contributed by atoms with E-state index in [1.54, 1.807) is 12.4 Å². The van der Waals surface area contributed by atoms with Gasteiger partial charge in [0.05, 0.1) is 12.4 Å². The zero-order valence-corrected chi connectivity index (χ0v) is 11.2. The van der Waals surface area contributed by atoms with Crippen molar-refractivity contribution in [2.24, 2.45) is 0 Å². The van der Waals surface area contributed by atoms with Gasteiger partial charge in [-0.25, -0.2) is 4.98 Å². The highest BCUT2D eigenvalue weighted by atomic mass is 16.5. The third-order valence-electron chi connectivity index (χ3n) is 2.61. The van der Waals surface area contributed by atoms with E-state index in [4.69, 9.17) is 9.15 Å². The van der Waals surface area contributed by atoms with Crippen molar-refractivity contribution in [2.45, 2.75) is 39.7 Å². The standard InChI is InChI=1S/C14H18N2O2/c1-10-7-11(8-16-13(10)14(2,3)4)18-9-12-15-5-6-17-12/h5-8H,9H2,1-4H3. The van der Waals surface area contributed by atoms with Gasteiger partial charge in [0.1, 0.15) is 12.0 Å². The van der Waals surface area contributed by atoms with Gasteiger partial charge in [-0.05, 0) is 18.6 Å². The molecule has 0 aliphatic rings. The van der Waals surface area contributed by atoms with Gasteiger partial charge >= 0.3 is 0 Å². The second-order valence-electron chi connectivity index (χ2n) is 5.30. The molecule has 0 spiro atoms. The average molecular weight is 246 g/mol. The van der Waals surface area contributed by atoms with Crippen molar-refractivity contribution < 1.29 is 9.15 Å². The second kappa shape index (κ2) is 4.80. The first kappa shape index (κ1) is 12.6. The lowest BCUT2D eigenvalue weighted by Crippen LogP contribution is -2.15. The van der Waals surface area contributed by atoms with Crippen LogP contribution in [0.25, 0.3) is 0 Å². The van der Waals surface area contributed by atoms with Gasteiger partial charge in [-0.15, -0.1) is 0 Å². The monoisotopic (exact) mass is 246 g/mol. The van der Waals surface area contributed by atoms with Crippen LogP contribution < -0.4 is 4.74 Å². The van der Waals surface area contributed by atoms with E-state index in [1.165, 1.54) is 6.26 Å². The number of ether oxygens (including phenoxy) is 1. The molecule has 2 aromatic rings. The van der Waals surface area contributed by atoms with Crippen LogP contribution in [-0.4, -0.2) is 9.97 Å². The molecule has 0 atom stereocenters. The van der Waals surface area contributed by atoms with Gasteiger partial charge < -0.3 is 9.15 Å². The molecule has 2 heterocycles. The maximum absolute atomic E-state index is 5.58. The van der Waals surface area contributed by atoms with Gasteiger partial charge in [-0.1, -0.05) is 20.8 Å². The van der Waals surface area contributed by atoms with Crippen LogP contribution in [0.1, 0.15) is 37.9 Å². The fourth-order valence-electron chi connectivity index (χ4n) is 1.88. The van der Waals surface area contributed by atoms with E-state index in [9.17, 15) is 0 Å². The highest BCUT2D eigenvalue weighted by Gasteiger charge is 2.18. The topological polar surface area (TPSA) is 48.2 Å². The van der Waals surface area contributed by atoms with Crippen LogP contribution in [0.4, 0.5) is 0 Å². The fraction of sp³-hybridized carbons (Fsp3) is 0.429. The molecule has 4 heteroatoms. The Morgan fingerprint density at radius 3 is 2.61 bits per heavy atom. The summed E-state index contributed by atoms with van der Waals surface area (Å²) in [7, 11) is 0. The summed E-state index contributed by atoms with van der Waals surface area (Å²) in [6.45, 7) is 8.81. The molecular formula is C14H18N2O2. The van der Waals surface area contributed by atoms with E-state index in [-0.39, 0.29) is 5.41 Å². The highest BCUT2D eigenvalue weighted by molar-refractivity contribution is 5.31. The van der Waals surface area contributed by atoms with E-state index in [0.29, 0.717) is 12.5 Å². The number of aromatic nitrogens is 2. The molecule has 0 unspecified atom stereocenters. The van der Waals surface area contributed by atoms with E-state index >= 15 is 0 Å². The molecular weight excluding hydrogens is 228 g/mol. The Kier molecular flexibility index (Phi) is 3.36. The second-order valence-corrected chi connectivity index (χ2v) is 5.30. The molecule has 0 bridgehead atoms. The third-order valence-corrected chi connectivity index (χ3v) is 2.61. The summed E-state index contributed by atoms with van der Waals surface area (Å²) in [5.41, 5.74) is 2.27. The fourth-order valence-corrected chi connectivity index (χ4v) is 1.88. The van der Waals surface area contributed by atoms with Gasteiger partial charge in [-0.2, -0.15) is 0 Å². The van der Waals surface area contributed by atoms with E-state index in [2.05, 4.69) is 30.7 Å². The van der Waals surface area contributed by atoms with E-state index in [0.717, 1.165) is 17.0 Å². The molecule has 0 aromatic carbocycles. The number of pyridine rings is 1. The molecule has 18 heavy (non-hydrogen) atoms. The number of nitrogens with zero attached hydrogens (tertiary/aromatic N) is 2. The third kappa shape index (κ3) is 2.88. The molecule has 2 rings (SSSR count).